The van der Waals surface area contributed by atoms with E-state index < -0.39 is 29.9 Å². The van der Waals surface area contributed by atoms with Crippen molar-refractivity contribution in [2.45, 2.75) is 38.1 Å². The van der Waals surface area contributed by atoms with E-state index in [1.807, 2.05) is 30.3 Å². The van der Waals surface area contributed by atoms with Crippen molar-refractivity contribution in [2.24, 2.45) is 11.7 Å². The monoisotopic (exact) mass is 497 g/mol. The zero-order valence-electron chi connectivity index (χ0n) is 20.5. The van der Waals surface area contributed by atoms with Gasteiger partial charge in [-0.2, -0.15) is 0 Å². The summed E-state index contributed by atoms with van der Waals surface area (Å²) in [6.45, 7) is 0.634. The third kappa shape index (κ3) is 8.60. The molecule has 2 aromatic rings. The maximum Gasteiger partial charge on any atom is 1.00 e. The van der Waals surface area contributed by atoms with Crippen molar-refractivity contribution in [2.75, 3.05) is 24.5 Å². The molecule has 1 aliphatic heterocycles. The molecule has 1 unspecified atom stereocenters. The predicted molar refractivity (Wildman–Crippen MR) is 120 cm³/mol. The van der Waals surface area contributed by atoms with Gasteiger partial charge < -0.3 is 30.4 Å². The van der Waals surface area contributed by atoms with E-state index in [0.717, 1.165) is 11.1 Å². The van der Waals surface area contributed by atoms with Crippen LogP contribution in [0.3, 0.4) is 0 Å². The van der Waals surface area contributed by atoms with Gasteiger partial charge in [0.2, 0.25) is 0 Å². The Labute approximate surface area is 250 Å². The van der Waals surface area contributed by atoms with Crippen LogP contribution >= 0.6 is 0 Å². The second-order valence-corrected chi connectivity index (χ2v) is 8.30. The second-order valence-electron chi connectivity index (χ2n) is 8.30. The summed E-state index contributed by atoms with van der Waals surface area (Å²) in [5.74, 6) is -3.48. The van der Waals surface area contributed by atoms with E-state index in [1.165, 1.54) is 9.80 Å². The van der Waals surface area contributed by atoms with E-state index in [9.17, 15) is 24.6 Å². The van der Waals surface area contributed by atoms with Gasteiger partial charge in [-0.25, -0.2) is 4.79 Å². The molecular weight excluding hydrogens is 468 g/mol. The minimum absolute atomic E-state index is 0. The molecule has 1 heterocycles. The van der Waals surface area contributed by atoms with E-state index in [1.54, 1.807) is 24.3 Å². The predicted octanol–water partition coefficient (Wildman–Crippen LogP) is -5.66. The summed E-state index contributed by atoms with van der Waals surface area (Å²) in [5.41, 5.74) is 7.84. The number of benzene rings is 2. The Bertz CT molecular complexity index is 977. The number of carbonyl (C=O) groups is 3. The van der Waals surface area contributed by atoms with Gasteiger partial charge in [0.15, 0.2) is 0 Å². The first kappa shape index (κ1) is 31.6. The topological polar surface area (TPSA) is 130 Å². The van der Waals surface area contributed by atoms with Crippen LogP contribution in [0.1, 0.15) is 30.4 Å². The van der Waals surface area contributed by atoms with Crippen molar-refractivity contribution in [1.29, 1.82) is 0 Å². The number of para-hydroxylation sites is 1. The number of hydrogen-bond acceptors (Lipinski definition) is 6. The zero-order chi connectivity index (χ0) is 23.8. The Morgan fingerprint density at radius 2 is 1.66 bits per heavy atom. The van der Waals surface area contributed by atoms with Gasteiger partial charge in [0.05, 0.1) is 12.0 Å². The molecular formula is C25H29N3Na2O5. The Balaban J connectivity index is 0.00000306. The molecule has 1 aliphatic rings. The van der Waals surface area contributed by atoms with Crippen LogP contribution in [0.2, 0.25) is 0 Å². The van der Waals surface area contributed by atoms with Crippen LogP contribution in [0.15, 0.2) is 54.6 Å². The molecule has 2 N–H and O–H groups in total. The van der Waals surface area contributed by atoms with Gasteiger partial charge in [0.25, 0.3) is 0 Å². The summed E-state index contributed by atoms with van der Waals surface area (Å²) in [4.78, 5) is 39.9. The number of carboxylic acid groups (broad SMARTS) is 2. The first-order valence-corrected chi connectivity index (χ1v) is 11.2. The van der Waals surface area contributed by atoms with Crippen molar-refractivity contribution >= 4 is 23.7 Å². The number of aryl methyl sites for hydroxylation is 1. The fourth-order valence-corrected chi connectivity index (χ4v) is 4.21. The number of unbranched alkanes of at least 4 members (excludes halogenated alkanes) is 1. The van der Waals surface area contributed by atoms with Gasteiger partial charge in [-0.15, -0.1) is 0 Å². The summed E-state index contributed by atoms with van der Waals surface area (Å²) in [6, 6.07) is 14.8. The number of carbonyl (C=O) groups excluding carboxylic acids is 3. The van der Waals surface area contributed by atoms with Crippen LogP contribution in [0.4, 0.5) is 10.5 Å². The van der Waals surface area contributed by atoms with Crippen molar-refractivity contribution in [3.8, 4) is 0 Å². The molecule has 0 radical (unpaired) electrons. The molecule has 35 heavy (non-hydrogen) atoms. The molecule has 0 aliphatic carbocycles. The fourth-order valence-electron chi connectivity index (χ4n) is 4.21. The molecule has 0 spiro atoms. The zero-order valence-corrected chi connectivity index (χ0v) is 24.5. The number of fused-ring (bicyclic) bond motifs is 1. The molecule has 0 saturated carbocycles. The molecule has 0 saturated heterocycles. The third-order valence-corrected chi connectivity index (χ3v) is 6.01. The van der Waals surface area contributed by atoms with Crippen LogP contribution in [-0.2, 0) is 22.4 Å². The molecule has 2 aromatic carbocycles. The van der Waals surface area contributed by atoms with E-state index in [0.29, 0.717) is 37.9 Å². The normalized spacial score (nSPS) is 14.8. The molecule has 0 aromatic heterocycles. The van der Waals surface area contributed by atoms with E-state index in [4.69, 9.17) is 5.73 Å². The second kappa shape index (κ2) is 15.7. The largest absolute Gasteiger partial charge is 1.00 e. The summed E-state index contributed by atoms with van der Waals surface area (Å²) in [7, 11) is 0. The van der Waals surface area contributed by atoms with Crippen molar-refractivity contribution in [1.82, 2.24) is 4.90 Å². The smallest absolute Gasteiger partial charge is 0.550 e. The minimum atomic E-state index is -1.35. The summed E-state index contributed by atoms with van der Waals surface area (Å²) < 4.78 is 0. The number of aliphatic carboxylic acids is 2. The Morgan fingerprint density at radius 1 is 1.00 bits per heavy atom. The molecule has 176 valence electrons. The van der Waals surface area contributed by atoms with Crippen LogP contribution in [-0.4, -0.2) is 48.5 Å². The van der Waals surface area contributed by atoms with Gasteiger partial charge in [0, 0.05) is 37.1 Å². The number of anilines is 1. The SMILES string of the molecule is NCCCCN(C[C@H](CCc1ccccc1)C(=O)[O-])C(=O)N1c2ccccc2CC1C(=O)[O-].[Na+].[Na+]. The molecule has 3 rings (SSSR count). The minimum Gasteiger partial charge on any atom is -0.550 e. The van der Waals surface area contributed by atoms with E-state index >= 15 is 0 Å². The Morgan fingerprint density at radius 3 is 2.29 bits per heavy atom. The number of hydrogen-bond donors (Lipinski definition) is 1. The average molecular weight is 498 g/mol. The average Bonchev–Trinajstić information content (AvgIpc) is 3.21. The van der Waals surface area contributed by atoms with E-state index in [2.05, 4.69) is 0 Å². The van der Waals surface area contributed by atoms with Crippen molar-refractivity contribution in [3.05, 3.63) is 65.7 Å². The molecule has 2 atom stereocenters. The van der Waals surface area contributed by atoms with Crippen LogP contribution in [0.25, 0.3) is 0 Å². The van der Waals surface area contributed by atoms with Crippen LogP contribution < -0.4 is 80.0 Å². The molecule has 8 nitrogen and oxygen atoms in total. The summed E-state index contributed by atoms with van der Waals surface area (Å²) in [6.07, 6.45) is 2.21. The van der Waals surface area contributed by atoms with E-state index in [-0.39, 0.29) is 78.6 Å². The summed E-state index contributed by atoms with van der Waals surface area (Å²) >= 11 is 0. The van der Waals surface area contributed by atoms with Gasteiger partial charge in [-0.05, 0) is 49.4 Å². The molecule has 0 fully saturated rings. The number of nitrogens with two attached hydrogens (primary N) is 1. The van der Waals surface area contributed by atoms with Gasteiger partial charge in [-0.3, -0.25) is 4.90 Å². The summed E-state index contributed by atoms with van der Waals surface area (Å²) in [5, 5.41) is 23.7. The Kier molecular flexibility index (Phi) is 14.2. The maximum absolute atomic E-state index is 13.6. The number of nitrogens with zero attached hydrogens (tertiary/aromatic N) is 2. The molecule has 0 bridgehead atoms. The van der Waals surface area contributed by atoms with Gasteiger partial charge >= 0.3 is 65.1 Å². The standard InChI is InChI=1S/C25H31N3O5.2Na/c26-14-6-7-15-27(17-20(23(29)30)13-12-18-8-2-1-3-9-18)25(33)28-21-11-5-4-10-19(21)16-22(28)24(31)32;;/h1-5,8-11,20,22H,6-7,12-17,26H2,(H,29,30)(H,31,32);;/q;2*+1/p-2/t20-,22?;;/m0../s1. The quantitative estimate of drug-likeness (QED) is 0.243. The van der Waals surface area contributed by atoms with Crippen LogP contribution in [0, 0.1) is 5.92 Å². The van der Waals surface area contributed by atoms with Crippen molar-refractivity contribution < 1.29 is 83.7 Å². The number of carboxylic acids is 2. The number of amides is 2. The van der Waals surface area contributed by atoms with Crippen molar-refractivity contribution in [3.63, 3.8) is 0 Å². The first-order valence-electron chi connectivity index (χ1n) is 11.2. The van der Waals surface area contributed by atoms with Gasteiger partial charge in [0.1, 0.15) is 0 Å². The van der Waals surface area contributed by atoms with Gasteiger partial charge in [-0.1, -0.05) is 48.5 Å². The maximum atomic E-state index is 13.6. The number of urea groups is 1. The molecule has 10 heteroatoms. The molecule has 2 amide bonds. The van der Waals surface area contributed by atoms with Crippen LogP contribution in [0.5, 0.6) is 0 Å². The Hall–Kier alpha value is -1.39. The number of rotatable bonds is 11. The first-order chi connectivity index (χ1) is 15.9. The fraction of sp³-hybridized carbons (Fsp3) is 0.400. The third-order valence-electron chi connectivity index (χ3n) is 6.01.